The zero-order chi connectivity index (χ0) is 13.1. The Morgan fingerprint density at radius 2 is 2.11 bits per heavy atom. The normalized spacial score (nSPS) is 16.8. The molecule has 1 aliphatic heterocycles. The van der Waals surface area contributed by atoms with Gasteiger partial charge in [-0.15, -0.1) is 0 Å². The highest BCUT2D eigenvalue weighted by Crippen LogP contribution is 2.31. The van der Waals surface area contributed by atoms with Crippen LogP contribution in [0.2, 0.25) is 0 Å². The molecule has 2 rings (SSSR count). The maximum Gasteiger partial charge on any atom is 0.334 e. The minimum atomic E-state index is -0.304. The van der Waals surface area contributed by atoms with E-state index in [0.717, 1.165) is 12.1 Å². The van der Waals surface area contributed by atoms with E-state index < -0.39 is 0 Å². The summed E-state index contributed by atoms with van der Waals surface area (Å²) in [5, 5.41) is 9.92. The Balaban J connectivity index is 2.51. The number of ether oxygens (including phenoxy) is 1. The van der Waals surface area contributed by atoms with E-state index in [9.17, 15) is 9.90 Å². The van der Waals surface area contributed by atoms with Crippen molar-refractivity contribution >= 4 is 11.5 Å². The van der Waals surface area contributed by atoms with Crippen LogP contribution in [0.4, 0.5) is 0 Å². The minimum absolute atomic E-state index is 0.198. The fourth-order valence-corrected chi connectivity index (χ4v) is 2.22. The van der Waals surface area contributed by atoms with Gasteiger partial charge in [-0.1, -0.05) is 18.2 Å². The molecule has 1 aliphatic rings. The molecule has 1 N–H and O–H groups in total. The highest BCUT2D eigenvalue weighted by Gasteiger charge is 2.24. The molecule has 0 unspecified atom stereocenters. The van der Waals surface area contributed by atoms with Crippen LogP contribution in [0.1, 0.15) is 12.0 Å². The highest BCUT2D eigenvalue weighted by atomic mass is 16.5. The van der Waals surface area contributed by atoms with Gasteiger partial charge >= 0.3 is 5.97 Å². The van der Waals surface area contributed by atoms with Crippen LogP contribution >= 0.6 is 0 Å². The first-order valence-corrected chi connectivity index (χ1v) is 5.90. The standard InChI is InChI=1S/C14H17NO3/c1-15-8-7-11(14(17)18-2)12(9-15)10-5-3-4-6-13(10)16/h3-6,16H,7-9H2,1-2H3. The lowest BCUT2D eigenvalue weighted by molar-refractivity contribution is -0.136. The maximum atomic E-state index is 11.8. The SMILES string of the molecule is COC(=O)C1=C(c2ccccc2O)CN(C)CC1. The summed E-state index contributed by atoms with van der Waals surface area (Å²) in [5.41, 5.74) is 2.23. The van der Waals surface area contributed by atoms with Gasteiger partial charge in [0.15, 0.2) is 0 Å². The molecule has 0 spiro atoms. The van der Waals surface area contributed by atoms with Crippen LogP contribution in [0, 0.1) is 0 Å². The molecule has 0 saturated heterocycles. The predicted molar refractivity (Wildman–Crippen MR) is 69.2 cm³/mol. The molecule has 1 aromatic rings. The highest BCUT2D eigenvalue weighted by molar-refractivity contribution is 5.99. The van der Waals surface area contributed by atoms with Crippen LogP contribution < -0.4 is 0 Å². The summed E-state index contributed by atoms with van der Waals surface area (Å²) < 4.78 is 4.82. The largest absolute Gasteiger partial charge is 0.507 e. The van der Waals surface area contributed by atoms with E-state index in [-0.39, 0.29) is 11.7 Å². The van der Waals surface area contributed by atoms with Gasteiger partial charge in [0.05, 0.1) is 7.11 Å². The number of aromatic hydroxyl groups is 1. The minimum Gasteiger partial charge on any atom is -0.507 e. The molecular weight excluding hydrogens is 230 g/mol. The third-order valence-electron chi connectivity index (χ3n) is 3.20. The number of carbonyl (C=O) groups excluding carboxylic acids is 1. The molecule has 0 bridgehead atoms. The van der Waals surface area contributed by atoms with E-state index in [0.29, 0.717) is 24.1 Å². The number of rotatable bonds is 2. The van der Waals surface area contributed by atoms with Crippen molar-refractivity contribution in [2.75, 3.05) is 27.2 Å². The summed E-state index contributed by atoms with van der Waals surface area (Å²) in [6.07, 6.45) is 0.646. The Morgan fingerprint density at radius 3 is 2.78 bits per heavy atom. The molecule has 0 amide bonds. The number of phenols is 1. The number of esters is 1. The number of methoxy groups -OCH3 is 1. The van der Waals surface area contributed by atoms with E-state index in [1.54, 1.807) is 12.1 Å². The summed E-state index contributed by atoms with van der Waals surface area (Å²) in [6, 6.07) is 7.08. The fraction of sp³-hybridized carbons (Fsp3) is 0.357. The fourth-order valence-electron chi connectivity index (χ4n) is 2.22. The zero-order valence-corrected chi connectivity index (χ0v) is 10.6. The Bertz CT molecular complexity index is 494. The first-order chi connectivity index (χ1) is 8.63. The summed E-state index contributed by atoms with van der Waals surface area (Å²) in [6.45, 7) is 1.46. The lowest BCUT2D eigenvalue weighted by Gasteiger charge is -2.27. The van der Waals surface area contributed by atoms with Gasteiger partial charge in [-0.2, -0.15) is 0 Å². The molecule has 1 aromatic carbocycles. The van der Waals surface area contributed by atoms with Crippen LogP contribution in [-0.4, -0.2) is 43.2 Å². The van der Waals surface area contributed by atoms with Gasteiger partial charge in [0, 0.05) is 24.2 Å². The van der Waals surface area contributed by atoms with Gasteiger partial charge in [-0.3, -0.25) is 0 Å². The van der Waals surface area contributed by atoms with Gasteiger partial charge in [0.2, 0.25) is 0 Å². The summed E-state index contributed by atoms with van der Waals surface area (Å²) in [4.78, 5) is 13.9. The molecule has 0 atom stereocenters. The van der Waals surface area contributed by atoms with Crippen LogP contribution in [0.5, 0.6) is 5.75 Å². The molecule has 0 radical (unpaired) electrons. The van der Waals surface area contributed by atoms with E-state index in [1.807, 2.05) is 19.2 Å². The Morgan fingerprint density at radius 1 is 1.39 bits per heavy atom. The number of benzene rings is 1. The van der Waals surface area contributed by atoms with Crippen molar-refractivity contribution in [1.29, 1.82) is 0 Å². The molecule has 1 heterocycles. The van der Waals surface area contributed by atoms with Crippen LogP contribution in [-0.2, 0) is 9.53 Å². The average molecular weight is 247 g/mol. The van der Waals surface area contributed by atoms with Crippen molar-refractivity contribution in [1.82, 2.24) is 4.90 Å². The van der Waals surface area contributed by atoms with E-state index in [1.165, 1.54) is 7.11 Å². The van der Waals surface area contributed by atoms with Crippen molar-refractivity contribution in [3.8, 4) is 5.75 Å². The molecule has 4 heteroatoms. The summed E-state index contributed by atoms with van der Waals surface area (Å²) >= 11 is 0. The molecule has 0 saturated carbocycles. The van der Waals surface area contributed by atoms with Crippen molar-refractivity contribution in [3.05, 3.63) is 35.4 Å². The molecule has 0 fully saturated rings. The predicted octanol–water partition coefficient (Wildman–Crippen LogP) is 1.65. The second kappa shape index (κ2) is 5.23. The first-order valence-electron chi connectivity index (χ1n) is 5.90. The summed E-state index contributed by atoms with van der Waals surface area (Å²) in [7, 11) is 3.38. The van der Waals surface area contributed by atoms with Gasteiger partial charge in [0.1, 0.15) is 5.75 Å². The maximum absolute atomic E-state index is 11.8. The van der Waals surface area contributed by atoms with Gasteiger partial charge in [0.25, 0.3) is 0 Å². The van der Waals surface area contributed by atoms with E-state index >= 15 is 0 Å². The second-order valence-corrected chi connectivity index (χ2v) is 4.45. The number of hydrogen-bond donors (Lipinski definition) is 1. The summed E-state index contributed by atoms with van der Waals surface area (Å²) in [5.74, 6) is -0.106. The molecular formula is C14H17NO3. The molecule has 96 valence electrons. The van der Waals surface area contributed by atoms with E-state index in [4.69, 9.17) is 4.74 Å². The van der Waals surface area contributed by atoms with Gasteiger partial charge in [-0.25, -0.2) is 4.79 Å². The number of hydrogen-bond acceptors (Lipinski definition) is 4. The van der Waals surface area contributed by atoms with Crippen LogP contribution in [0.3, 0.4) is 0 Å². The average Bonchev–Trinajstić information content (AvgIpc) is 2.38. The number of carbonyl (C=O) groups is 1. The smallest absolute Gasteiger partial charge is 0.334 e. The molecule has 0 aromatic heterocycles. The first kappa shape index (κ1) is 12.6. The van der Waals surface area contributed by atoms with Crippen LogP contribution in [0.15, 0.2) is 29.8 Å². The van der Waals surface area contributed by atoms with E-state index in [2.05, 4.69) is 4.90 Å². The Labute approximate surface area is 106 Å². The number of para-hydroxylation sites is 1. The number of phenolic OH excluding ortho intramolecular Hbond substituents is 1. The Kier molecular flexibility index (Phi) is 3.67. The second-order valence-electron chi connectivity index (χ2n) is 4.45. The molecule has 4 nitrogen and oxygen atoms in total. The zero-order valence-electron chi connectivity index (χ0n) is 10.6. The number of likely N-dealkylation sites (N-methyl/N-ethyl adjacent to an activating group) is 1. The van der Waals surface area contributed by atoms with Crippen molar-refractivity contribution < 1.29 is 14.6 Å². The Hall–Kier alpha value is -1.81. The lowest BCUT2D eigenvalue weighted by atomic mass is 9.93. The van der Waals surface area contributed by atoms with Crippen molar-refractivity contribution in [2.24, 2.45) is 0 Å². The van der Waals surface area contributed by atoms with Crippen molar-refractivity contribution in [3.63, 3.8) is 0 Å². The van der Waals surface area contributed by atoms with Crippen molar-refractivity contribution in [2.45, 2.75) is 6.42 Å². The third kappa shape index (κ3) is 2.38. The van der Waals surface area contributed by atoms with Gasteiger partial charge < -0.3 is 14.7 Å². The van der Waals surface area contributed by atoms with Crippen LogP contribution in [0.25, 0.3) is 5.57 Å². The molecule has 0 aliphatic carbocycles. The third-order valence-corrected chi connectivity index (χ3v) is 3.20. The molecule has 18 heavy (non-hydrogen) atoms. The van der Waals surface area contributed by atoms with Gasteiger partial charge in [-0.05, 0) is 25.1 Å². The lowest BCUT2D eigenvalue weighted by Crippen LogP contribution is -2.29. The quantitative estimate of drug-likeness (QED) is 0.807. The number of nitrogens with zero attached hydrogens (tertiary/aromatic N) is 1. The topological polar surface area (TPSA) is 49.8 Å². The monoisotopic (exact) mass is 247 g/mol.